The Balaban J connectivity index is 1.66. The van der Waals surface area contributed by atoms with Crippen LogP contribution in [0.2, 0.25) is 0 Å². The summed E-state index contributed by atoms with van der Waals surface area (Å²) in [7, 11) is 0. The third kappa shape index (κ3) is 9.22. The van der Waals surface area contributed by atoms with Crippen LogP contribution in [0.15, 0.2) is 60.7 Å². The number of nitrogens with zero attached hydrogens (tertiary/aromatic N) is 1. The van der Waals surface area contributed by atoms with Gasteiger partial charge in [-0.3, -0.25) is 4.90 Å². The summed E-state index contributed by atoms with van der Waals surface area (Å²) in [6.45, 7) is 3.80. The maximum Gasteiger partial charge on any atom is 0.407 e. The second-order valence-corrected chi connectivity index (χ2v) is 6.53. The lowest BCUT2D eigenvalue weighted by molar-refractivity contribution is 0.139. The molecule has 27 heavy (non-hydrogen) atoms. The molecular weight excluding hydrogens is 340 g/mol. The molecule has 0 aromatic heterocycles. The van der Waals surface area contributed by atoms with Crippen LogP contribution in [-0.2, 0) is 17.9 Å². The maximum atomic E-state index is 11.8. The molecule has 146 valence electrons. The summed E-state index contributed by atoms with van der Waals surface area (Å²) in [5.74, 6) is 0. The van der Waals surface area contributed by atoms with Crippen molar-refractivity contribution in [2.45, 2.75) is 32.4 Å². The van der Waals surface area contributed by atoms with Gasteiger partial charge in [0.1, 0.15) is 6.61 Å². The van der Waals surface area contributed by atoms with Gasteiger partial charge in [0.15, 0.2) is 0 Å². The van der Waals surface area contributed by atoms with Gasteiger partial charge >= 0.3 is 6.09 Å². The molecule has 0 aliphatic heterocycles. The first-order valence-corrected chi connectivity index (χ1v) is 9.59. The van der Waals surface area contributed by atoms with E-state index in [0.29, 0.717) is 6.54 Å². The van der Waals surface area contributed by atoms with E-state index in [1.165, 1.54) is 5.56 Å². The van der Waals surface area contributed by atoms with E-state index in [4.69, 9.17) is 9.84 Å². The molecule has 0 spiro atoms. The van der Waals surface area contributed by atoms with Crippen molar-refractivity contribution in [3.8, 4) is 0 Å². The average molecular weight is 370 g/mol. The Kier molecular flexibility index (Phi) is 10.0. The molecule has 5 nitrogen and oxygen atoms in total. The molecule has 2 aromatic carbocycles. The van der Waals surface area contributed by atoms with Gasteiger partial charge in [0.25, 0.3) is 0 Å². The summed E-state index contributed by atoms with van der Waals surface area (Å²) in [5.41, 5.74) is 2.25. The number of alkyl carbamates (subject to hydrolysis) is 1. The van der Waals surface area contributed by atoms with E-state index in [-0.39, 0.29) is 19.3 Å². The molecular formula is C22H30N2O3. The van der Waals surface area contributed by atoms with Crippen molar-refractivity contribution in [1.82, 2.24) is 10.2 Å². The topological polar surface area (TPSA) is 61.8 Å². The maximum absolute atomic E-state index is 11.8. The molecule has 0 unspecified atom stereocenters. The normalized spacial score (nSPS) is 10.7. The summed E-state index contributed by atoms with van der Waals surface area (Å²) in [4.78, 5) is 14.2. The van der Waals surface area contributed by atoms with Gasteiger partial charge in [-0.1, -0.05) is 60.7 Å². The van der Waals surface area contributed by atoms with Crippen LogP contribution in [0.5, 0.6) is 0 Å². The second-order valence-electron chi connectivity index (χ2n) is 6.53. The fourth-order valence-electron chi connectivity index (χ4n) is 2.83. The fraction of sp³-hybridized carbons (Fsp3) is 0.409. The van der Waals surface area contributed by atoms with E-state index in [9.17, 15) is 4.79 Å². The van der Waals surface area contributed by atoms with Crippen molar-refractivity contribution in [3.05, 3.63) is 71.8 Å². The monoisotopic (exact) mass is 370 g/mol. The Bertz CT molecular complexity index is 635. The van der Waals surface area contributed by atoms with Crippen LogP contribution >= 0.6 is 0 Å². The van der Waals surface area contributed by atoms with Crippen molar-refractivity contribution in [2.75, 3.05) is 26.2 Å². The minimum atomic E-state index is -0.381. The van der Waals surface area contributed by atoms with Crippen LogP contribution < -0.4 is 5.32 Å². The summed E-state index contributed by atoms with van der Waals surface area (Å²) in [5, 5.41) is 11.8. The molecule has 0 heterocycles. The molecule has 0 fully saturated rings. The predicted molar refractivity (Wildman–Crippen MR) is 107 cm³/mol. The van der Waals surface area contributed by atoms with Gasteiger partial charge in [0, 0.05) is 26.2 Å². The average Bonchev–Trinajstić information content (AvgIpc) is 2.71. The molecule has 2 aromatic rings. The van der Waals surface area contributed by atoms with Crippen LogP contribution in [0, 0.1) is 0 Å². The standard InChI is InChI=1S/C22H30N2O3/c25-17-8-7-15-24(18-20-10-3-1-4-11-20)16-9-14-23-22(26)27-19-21-12-5-2-6-13-21/h1-6,10-13,25H,7-9,14-19H2,(H,23,26). The third-order valence-electron chi connectivity index (χ3n) is 4.26. The van der Waals surface area contributed by atoms with E-state index in [0.717, 1.165) is 44.5 Å². The molecule has 0 bridgehead atoms. The molecule has 0 aliphatic carbocycles. The number of unbranched alkanes of at least 4 members (excludes halogenated alkanes) is 1. The van der Waals surface area contributed by atoms with Gasteiger partial charge in [0.05, 0.1) is 0 Å². The Morgan fingerprint density at radius 2 is 1.52 bits per heavy atom. The van der Waals surface area contributed by atoms with E-state index >= 15 is 0 Å². The van der Waals surface area contributed by atoms with Crippen LogP contribution in [0.3, 0.4) is 0 Å². The van der Waals surface area contributed by atoms with E-state index in [2.05, 4.69) is 22.3 Å². The number of benzene rings is 2. The van der Waals surface area contributed by atoms with E-state index in [1.807, 2.05) is 48.5 Å². The molecule has 0 aliphatic rings. The van der Waals surface area contributed by atoms with Crippen molar-refractivity contribution < 1.29 is 14.6 Å². The van der Waals surface area contributed by atoms with Gasteiger partial charge in [-0.15, -0.1) is 0 Å². The highest BCUT2D eigenvalue weighted by molar-refractivity contribution is 5.67. The summed E-state index contributed by atoms with van der Waals surface area (Å²) >= 11 is 0. The first kappa shape index (κ1) is 20.9. The number of nitrogens with one attached hydrogen (secondary N) is 1. The van der Waals surface area contributed by atoms with Crippen LogP contribution in [0.1, 0.15) is 30.4 Å². The molecule has 0 atom stereocenters. The van der Waals surface area contributed by atoms with Crippen LogP contribution in [-0.4, -0.2) is 42.3 Å². The second kappa shape index (κ2) is 12.9. The first-order valence-electron chi connectivity index (χ1n) is 9.59. The Morgan fingerprint density at radius 3 is 2.19 bits per heavy atom. The summed E-state index contributed by atoms with van der Waals surface area (Å²) in [6, 6.07) is 20.0. The number of carbonyl (C=O) groups is 1. The van der Waals surface area contributed by atoms with Crippen LogP contribution in [0.25, 0.3) is 0 Å². The van der Waals surface area contributed by atoms with Crippen molar-refractivity contribution in [2.24, 2.45) is 0 Å². The van der Waals surface area contributed by atoms with Gasteiger partial charge in [-0.2, -0.15) is 0 Å². The highest BCUT2D eigenvalue weighted by atomic mass is 16.5. The zero-order chi connectivity index (χ0) is 19.2. The number of aliphatic hydroxyl groups excluding tert-OH is 1. The number of hydrogen-bond acceptors (Lipinski definition) is 4. The SMILES string of the molecule is O=C(NCCCN(CCCCO)Cc1ccccc1)OCc1ccccc1. The lowest BCUT2D eigenvalue weighted by atomic mass is 10.2. The number of carbonyl (C=O) groups excluding carboxylic acids is 1. The number of ether oxygens (including phenoxy) is 1. The molecule has 0 saturated carbocycles. The number of amides is 1. The predicted octanol–water partition coefficient (Wildman–Crippen LogP) is 3.58. The van der Waals surface area contributed by atoms with Gasteiger partial charge in [-0.05, 0) is 36.9 Å². The Labute approximate surface area is 162 Å². The smallest absolute Gasteiger partial charge is 0.407 e. The molecule has 1 amide bonds. The van der Waals surface area contributed by atoms with Crippen molar-refractivity contribution in [3.63, 3.8) is 0 Å². The molecule has 2 rings (SSSR count). The largest absolute Gasteiger partial charge is 0.445 e. The molecule has 5 heteroatoms. The highest BCUT2D eigenvalue weighted by Gasteiger charge is 2.07. The molecule has 2 N–H and O–H groups in total. The van der Waals surface area contributed by atoms with Crippen LogP contribution in [0.4, 0.5) is 4.79 Å². The van der Waals surface area contributed by atoms with Gasteiger partial charge in [0.2, 0.25) is 0 Å². The summed E-state index contributed by atoms with van der Waals surface area (Å²) in [6.07, 6.45) is 2.26. The lowest BCUT2D eigenvalue weighted by Crippen LogP contribution is -2.30. The fourth-order valence-corrected chi connectivity index (χ4v) is 2.83. The first-order chi connectivity index (χ1) is 13.3. The van der Waals surface area contributed by atoms with Gasteiger partial charge < -0.3 is 15.2 Å². The zero-order valence-corrected chi connectivity index (χ0v) is 15.8. The number of hydrogen-bond donors (Lipinski definition) is 2. The quantitative estimate of drug-likeness (QED) is 0.561. The summed E-state index contributed by atoms with van der Waals surface area (Å²) < 4.78 is 5.22. The van der Waals surface area contributed by atoms with E-state index < -0.39 is 0 Å². The number of rotatable bonds is 12. The van der Waals surface area contributed by atoms with Crippen molar-refractivity contribution >= 4 is 6.09 Å². The minimum absolute atomic E-state index is 0.230. The Hall–Kier alpha value is -2.37. The number of aliphatic hydroxyl groups is 1. The lowest BCUT2D eigenvalue weighted by Gasteiger charge is -2.22. The van der Waals surface area contributed by atoms with Gasteiger partial charge in [-0.25, -0.2) is 4.79 Å². The highest BCUT2D eigenvalue weighted by Crippen LogP contribution is 2.07. The van der Waals surface area contributed by atoms with Crippen molar-refractivity contribution in [1.29, 1.82) is 0 Å². The molecule has 0 saturated heterocycles. The molecule has 0 radical (unpaired) electrons. The zero-order valence-electron chi connectivity index (χ0n) is 15.8. The minimum Gasteiger partial charge on any atom is -0.445 e. The Morgan fingerprint density at radius 1 is 0.889 bits per heavy atom. The third-order valence-corrected chi connectivity index (χ3v) is 4.26. The van der Waals surface area contributed by atoms with E-state index in [1.54, 1.807) is 0 Å².